The van der Waals surface area contributed by atoms with Crippen molar-refractivity contribution in [3.05, 3.63) is 65.5 Å². The van der Waals surface area contributed by atoms with Crippen LogP contribution in [0.3, 0.4) is 0 Å². The molecule has 2 atom stereocenters. The molecule has 1 heterocycles. The second-order valence-corrected chi connectivity index (χ2v) is 11.8. The van der Waals surface area contributed by atoms with Crippen LogP contribution < -0.4 is 10.6 Å². The third kappa shape index (κ3) is 6.70. The lowest BCUT2D eigenvalue weighted by molar-refractivity contribution is -0.144. The number of alkyl halides is 3. The number of alkyl carbamates (subject to hydrolysis) is 1. The van der Waals surface area contributed by atoms with Crippen LogP contribution in [-0.2, 0) is 20.3 Å². The van der Waals surface area contributed by atoms with Gasteiger partial charge in [-0.1, -0.05) is 30.3 Å². The van der Waals surface area contributed by atoms with Crippen molar-refractivity contribution in [2.24, 2.45) is 4.99 Å². The lowest BCUT2D eigenvalue weighted by atomic mass is 9.93. The minimum Gasteiger partial charge on any atom is -0.444 e. The maximum absolute atomic E-state index is 15.0. The van der Waals surface area contributed by atoms with Crippen LogP contribution in [0.15, 0.2) is 53.5 Å². The van der Waals surface area contributed by atoms with Crippen molar-refractivity contribution in [3.8, 4) is 0 Å². The molecule has 37 heavy (non-hydrogen) atoms. The smallest absolute Gasteiger partial charge is 0.414 e. The zero-order valence-corrected chi connectivity index (χ0v) is 21.7. The van der Waals surface area contributed by atoms with Gasteiger partial charge in [-0.05, 0) is 51.5 Å². The maximum atomic E-state index is 15.0. The molecule has 2 N–H and O–H groups in total. The van der Waals surface area contributed by atoms with Gasteiger partial charge in [-0.15, -0.1) is 0 Å². The third-order valence-corrected chi connectivity index (χ3v) is 7.40. The number of hydrogen-bond donors (Lipinski definition) is 2. The van der Waals surface area contributed by atoms with E-state index in [2.05, 4.69) is 15.6 Å². The highest BCUT2D eigenvalue weighted by Crippen LogP contribution is 2.38. The maximum Gasteiger partial charge on any atom is 0.414 e. The summed E-state index contributed by atoms with van der Waals surface area (Å²) in [5.41, 5.74) is -3.10. The minimum atomic E-state index is -4.68. The monoisotopic (exact) mass is 544 g/mol. The van der Waals surface area contributed by atoms with Crippen LogP contribution in [0.4, 0.5) is 28.0 Å². The fraction of sp³-hybridized carbons (Fsp3) is 0.417. The molecule has 0 bridgehead atoms. The molecule has 2 aromatic carbocycles. The van der Waals surface area contributed by atoms with Gasteiger partial charge in [0.1, 0.15) is 23.0 Å². The Morgan fingerprint density at radius 1 is 1.14 bits per heavy atom. The van der Waals surface area contributed by atoms with Gasteiger partial charge in [-0.25, -0.2) is 26.9 Å². The van der Waals surface area contributed by atoms with Crippen molar-refractivity contribution in [2.75, 3.05) is 18.1 Å². The first-order valence-corrected chi connectivity index (χ1v) is 12.8. The van der Waals surface area contributed by atoms with Gasteiger partial charge in [0.2, 0.25) is 16.0 Å². The molecule has 0 fully saturated rings. The van der Waals surface area contributed by atoms with Crippen LogP contribution in [-0.4, -0.2) is 49.4 Å². The van der Waals surface area contributed by atoms with Crippen LogP contribution in [0, 0.1) is 5.82 Å². The number of anilines is 1. The van der Waals surface area contributed by atoms with Gasteiger partial charge in [0, 0.05) is 18.3 Å². The van der Waals surface area contributed by atoms with E-state index in [-0.39, 0.29) is 16.8 Å². The van der Waals surface area contributed by atoms with E-state index in [1.165, 1.54) is 31.2 Å². The van der Waals surface area contributed by atoms with E-state index in [4.69, 9.17) is 4.74 Å². The van der Waals surface area contributed by atoms with E-state index >= 15 is 4.39 Å². The second-order valence-electron chi connectivity index (χ2n) is 9.78. The SMILES string of the molecule is CN1C(NC(=O)OC(C)(C)C)=N[C@](C)(c2cc(NC(c3ccccc3)C(F)(F)F)ccc2F)CS1(=O)=O. The molecule has 0 saturated carbocycles. The van der Waals surface area contributed by atoms with E-state index < -0.39 is 57.0 Å². The predicted molar refractivity (Wildman–Crippen MR) is 131 cm³/mol. The van der Waals surface area contributed by atoms with Gasteiger partial charge in [-0.2, -0.15) is 13.2 Å². The number of nitrogens with one attached hydrogen (secondary N) is 2. The molecule has 1 aliphatic heterocycles. The Morgan fingerprint density at radius 3 is 2.32 bits per heavy atom. The van der Waals surface area contributed by atoms with Crippen molar-refractivity contribution < 1.29 is 35.5 Å². The number of hydrogen-bond acceptors (Lipinski definition) is 6. The Kier molecular flexibility index (Phi) is 7.51. The summed E-state index contributed by atoms with van der Waals surface area (Å²) >= 11 is 0. The van der Waals surface area contributed by atoms with Crippen molar-refractivity contribution in [1.29, 1.82) is 0 Å². The number of carbonyl (C=O) groups is 1. The van der Waals surface area contributed by atoms with Gasteiger partial charge in [0.25, 0.3) is 0 Å². The van der Waals surface area contributed by atoms with Gasteiger partial charge in [-0.3, -0.25) is 5.32 Å². The van der Waals surface area contributed by atoms with Crippen molar-refractivity contribution in [3.63, 3.8) is 0 Å². The number of halogens is 4. The first-order chi connectivity index (χ1) is 16.9. The van der Waals surface area contributed by atoms with Crippen LogP contribution in [0.5, 0.6) is 0 Å². The molecule has 0 saturated heterocycles. The van der Waals surface area contributed by atoms with Gasteiger partial charge < -0.3 is 10.1 Å². The number of amides is 1. The van der Waals surface area contributed by atoms with E-state index in [0.29, 0.717) is 0 Å². The van der Waals surface area contributed by atoms with Crippen molar-refractivity contribution >= 4 is 27.8 Å². The Bertz CT molecular complexity index is 1290. The summed E-state index contributed by atoms with van der Waals surface area (Å²) in [6, 6.07) is 8.16. The summed E-state index contributed by atoms with van der Waals surface area (Å²) in [5, 5.41) is 4.63. The molecule has 0 radical (unpaired) electrons. The molecule has 202 valence electrons. The average Bonchev–Trinajstić information content (AvgIpc) is 2.74. The number of carbonyl (C=O) groups excluding carboxylic acids is 1. The summed E-state index contributed by atoms with van der Waals surface area (Å²) < 4.78 is 88.2. The molecule has 2 aromatic rings. The van der Waals surface area contributed by atoms with E-state index in [1.54, 1.807) is 26.8 Å². The Labute approximate surface area is 212 Å². The van der Waals surface area contributed by atoms with E-state index in [9.17, 15) is 26.4 Å². The fourth-order valence-corrected chi connectivity index (χ4v) is 5.23. The summed E-state index contributed by atoms with van der Waals surface area (Å²) in [6.07, 6.45) is -5.66. The molecule has 13 heteroatoms. The molecule has 0 spiro atoms. The van der Waals surface area contributed by atoms with E-state index in [1.807, 2.05) is 0 Å². The summed E-state index contributed by atoms with van der Waals surface area (Å²) in [7, 11) is -2.95. The molecular formula is C24H28F4N4O4S. The topological polar surface area (TPSA) is 100 Å². The third-order valence-electron chi connectivity index (χ3n) is 5.46. The van der Waals surface area contributed by atoms with Crippen molar-refractivity contribution in [2.45, 2.75) is 51.1 Å². The molecule has 1 unspecified atom stereocenters. The van der Waals surface area contributed by atoms with E-state index in [0.717, 1.165) is 29.6 Å². The lowest BCUT2D eigenvalue weighted by Gasteiger charge is -2.36. The van der Waals surface area contributed by atoms with Gasteiger partial charge in [0.05, 0.1) is 5.75 Å². The summed E-state index contributed by atoms with van der Waals surface area (Å²) in [5.74, 6) is -1.99. The Hall–Kier alpha value is -3.35. The molecule has 3 rings (SSSR count). The lowest BCUT2D eigenvalue weighted by Crippen LogP contribution is -2.54. The Morgan fingerprint density at radius 2 is 1.76 bits per heavy atom. The predicted octanol–water partition coefficient (Wildman–Crippen LogP) is 4.91. The number of nitrogens with zero attached hydrogens (tertiary/aromatic N) is 2. The molecule has 1 aliphatic rings. The highest BCUT2D eigenvalue weighted by Gasteiger charge is 2.44. The van der Waals surface area contributed by atoms with Gasteiger partial charge >= 0.3 is 12.3 Å². The molecule has 8 nitrogen and oxygen atoms in total. The zero-order valence-electron chi connectivity index (χ0n) is 20.9. The van der Waals surface area contributed by atoms with Crippen LogP contribution in [0.1, 0.15) is 44.9 Å². The quantitative estimate of drug-likeness (QED) is 0.533. The fourth-order valence-electron chi connectivity index (χ4n) is 3.75. The highest BCUT2D eigenvalue weighted by molar-refractivity contribution is 7.89. The first-order valence-electron chi connectivity index (χ1n) is 11.2. The zero-order chi connectivity index (χ0) is 27.8. The second kappa shape index (κ2) is 9.84. The number of guanidine groups is 1. The number of sulfonamides is 1. The summed E-state index contributed by atoms with van der Waals surface area (Å²) in [4.78, 5) is 16.6. The first kappa shape index (κ1) is 28.2. The molecule has 1 amide bonds. The highest BCUT2D eigenvalue weighted by atomic mass is 32.2. The molecule has 0 aliphatic carbocycles. The normalized spacial score (nSPS) is 20.6. The largest absolute Gasteiger partial charge is 0.444 e. The molecule has 0 aromatic heterocycles. The minimum absolute atomic E-state index is 0.0594. The van der Waals surface area contributed by atoms with Crippen LogP contribution in [0.25, 0.3) is 0 Å². The van der Waals surface area contributed by atoms with Crippen molar-refractivity contribution in [1.82, 2.24) is 9.62 Å². The number of aliphatic imine (C=N–C) groups is 1. The number of benzene rings is 2. The molecular weight excluding hydrogens is 516 g/mol. The van der Waals surface area contributed by atoms with Crippen LogP contribution in [0.2, 0.25) is 0 Å². The van der Waals surface area contributed by atoms with Crippen LogP contribution >= 0.6 is 0 Å². The average molecular weight is 545 g/mol. The number of rotatable bonds is 4. The Balaban J connectivity index is 2.03. The standard InChI is InChI=1S/C24H28F4N4O4S/c1-22(2,3)36-21(33)30-20-31-23(4,14-37(34,35)32(20)5)17-13-16(11-12-18(17)25)29-19(24(26,27)28)15-9-7-6-8-10-15/h6-13,19,29H,14H2,1-5H3,(H,30,31,33)/t19?,23-/m0/s1. The summed E-state index contributed by atoms with van der Waals surface area (Å²) in [6.45, 7) is 6.14. The van der Waals surface area contributed by atoms with Gasteiger partial charge in [0.15, 0.2) is 0 Å². The number of ether oxygens (including phenoxy) is 1.